The topological polar surface area (TPSA) is 101 Å². The molecule has 29 heavy (non-hydrogen) atoms. The highest BCUT2D eigenvalue weighted by molar-refractivity contribution is 5.91. The number of aromatic nitrogens is 3. The van der Waals surface area contributed by atoms with Gasteiger partial charge in [0.05, 0.1) is 0 Å². The van der Waals surface area contributed by atoms with E-state index in [1.807, 2.05) is 31.7 Å². The standard InChI is InChI=1S/C21H29N5O3/c1-14(2)20-24-18(29-25-20)5-4-6-19(27)26-11-9-16(10-12-26)21(28)23-17-8-7-15(3)13-22-17/h7-8,13-14,16H,4-6,9-12H2,1-3H3,(H,22,23,28). The molecule has 0 spiro atoms. The number of carbonyl (C=O) groups excluding carboxylic acids is 2. The quantitative estimate of drug-likeness (QED) is 0.768. The van der Waals surface area contributed by atoms with Crippen LogP contribution in [-0.2, 0) is 16.0 Å². The number of nitrogens with zero attached hydrogens (tertiary/aromatic N) is 4. The predicted molar refractivity (Wildman–Crippen MR) is 108 cm³/mol. The first-order valence-corrected chi connectivity index (χ1v) is 10.3. The minimum absolute atomic E-state index is 0.0224. The fourth-order valence-corrected chi connectivity index (χ4v) is 3.31. The number of aryl methyl sites for hydroxylation is 2. The van der Waals surface area contributed by atoms with Crippen LogP contribution in [-0.4, -0.2) is 44.9 Å². The van der Waals surface area contributed by atoms with E-state index in [1.165, 1.54) is 0 Å². The number of pyridine rings is 1. The van der Waals surface area contributed by atoms with Crippen molar-refractivity contribution >= 4 is 17.6 Å². The van der Waals surface area contributed by atoms with Crippen LogP contribution in [0.15, 0.2) is 22.9 Å². The number of hydrogen-bond donors (Lipinski definition) is 1. The van der Waals surface area contributed by atoms with Gasteiger partial charge in [0.25, 0.3) is 0 Å². The van der Waals surface area contributed by atoms with Gasteiger partial charge in [-0.25, -0.2) is 4.98 Å². The minimum Gasteiger partial charge on any atom is -0.343 e. The monoisotopic (exact) mass is 399 g/mol. The molecule has 2 aromatic heterocycles. The Morgan fingerprint density at radius 1 is 1.28 bits per heavy atom. The lowest BCUT2D eigenvalue weighted by Crippen LogP contribution is -2.41. The molecule has 8 nitrogen and oxygen atoms in total. The Hall–Kier alpha value is -2.77. The molecule has 2 aromatic rings. The molecule has 3 heterocycles. The summed E-state index contributed by atoms with van der Waals surface area (Å²) < 4.78 is 5.21. The van der Waals surface area contributed by atoms with Gasteiger partial charge in [-0.15, -0.1) is 0 Å². The predicted octanol–water partition coefficient (Wildman–Crippen LogP) is 3.10. The van der Waals surface area contributed by atoms with Crippen molar-refractivity contribution in [1.82, 2.24) is 20.0 Å². The molecule has 1 aliphatic rings. The van der Waals surface area contributed by atoms with Crippen LogP contribution in [0.4, 0.5) is 5.82 Å². The summed E-state index contributed by atoms with van der Waals surface area (Å²) in [5.74, 6) is 2.10. The molecule has 156 valence electrons. The van der Waals surface area contributed by atoms with Crippen LogP contribution >= 0.6 is 0 Å². The first kappa shape index (κ1) is 21.0. The Labute approximate surface area is 171 Å². The van der Waals surface area contributed by atoms with Crippen LogP contribution < -0.4 is 5.32 Å². The summed E-state index contributed by atoms with van der Waals surface area (Å²) in [5, 5.41) is 6.81. The van der Waals surface area contributed by atoms with E-state index in [4.69, 9.17) is 4.52 Å². The summed E-state index contributed by atoms with van der Waals surface area (Å²) in [6.45, 7) is 7.20. The molecule has 0 bridgehead atoms. The molecule has 0 saturated carbocycles. The van der Waals surface area contributed by atoms with Crippen LogP contribution in [0.3, 0.4) is 0 Å². The molecule has 0 unspecified atom stereocenters. The van der Waals surface area contributed by atoms with E-state index in [2.05, 4.69) is 20.4 Å². The molecular weight excluding hydrogens is 370 g/mol. The number of carbonyl (C=O) groups is 2. The fraction of sp³-hybridized carbons (Fsp3) is 0.571. The number of nitrogens with one attached hydrogen (secondary N) is 1. The summed E-state index contributed by atoms with van der Waals surface area (Å²) >= 11 is 0. The van der Waals surface area contributed by atoms with Crippen molar-refractivity contribution in [3.05, 3.63) is 35.6 Å². The van der Waals surface area contributed by atoms with E-state index in [9.17, 15) is 9.59 Å². The van der Waals surface area contributed by atoms with Gasteiger partial charge in [-0.1, -0.05) is 25.1 Å². The van der Waals surface area contributed by atoms with Crippen LogP contribution in [0, 0.1) is 12.8 Å². The van der Waals surface area contributed by atoms with Gasteiger partial charge < -0.3 is 14.7 Å². The number of amides is 2. The molecule has 0 aliphatic carbocycles. The van der Waals surface area contributed by atoms with Crippen LogP contribution in [0.25, 0.3) is 0 Å². The second-order valence-electron chi connectivity index (χ2n) is 7.92. The van der Waals surface area contributed by atoms with Crippen LogP contribution in [0.5, 0.6) is 0 Å². The van der Waals surface area contributed by atoms with Gasteiger partial charge in [-0.2, -0.15) is 4.98 Å². The molecule has 0 aromatic carbocycles. The number of likely N-dealkylation sites (tertiary alicyclic amines) is 1. The molecule has 1 fully saturated rings. The Morgan fingerprint density at radius 3 is 2.66 bits per heavy atom. The summed E-state index contributed by atoms with van der Waals surface area (Å²) in [4.78, 5) is 35.3. The van der Waals surface area contributed by atoms with Gasteiger partial charge in [0.1, 0.15) is 5.82 Å². The van der Waals surface area contributed by atoms with E-state index in [0.29, 0.717) is 62.7 Å². The van der Waals surface area contributed by atoms with E-state index >= 15 is 0 Å². The maximum atomic E-state index is 12.4. The third-order valence-corrected chi connectivity index (χ3v) is 5.16. The van der Waals surface area contributed by atoms with Crippen LogP contribution in [0.2, 0.25) is 0 Å². The van der Waals surface area contributed by atoms with Crippen molar-refractivity contribution < 1.29 is 14.1 Å². The number of rotatable bonds is 7. The zero-order valence-electron chi connectivity index (χ0n) is 17.4. The normalized spacial score (nSPS) is 15.0. The Kier molecular flexibility index (Phi) is 6.95. The lowest BCUT2D eigenvalue weighted by molar-refractivity contribution is -0.134. The lowest BCUT2D eigenvalue weighted by Gasteiger charge is -2.31. The minimum atomic E-state index is -0.0880. The van der Waals surface area contributed by atoms with E-state index in [0.717, 1.165) is 5.56 Å². The second kappa shape index (κ2) is 9.62. The summed E-state index contributed by atoms with van der Waals surface area (Å²) in [5.41, 5.74) is 1.05. The van der Waals surface area contributed by atoms with E-state index in [-0.39, 0.29) is 23.7 Å². The maximum Gasteiger partial charge on any atom is 0.228 e. The van der Waals surface area contributed by atoms with E-state index in [1.54, 1.807) is 12.3 Å². The van der Waals surface area contributed by atoms with Gasteiger partial charge in [0.2, 0.25) is 17.7 Å². The zero-order valence-corrected chi connectivity index (χ0v) is 17.4. The first-order chi connectivity index (χ1) is 13.9. The average Bonchev–Trinajstić information content (AvgIpc) is 3.19. The van der Waals surface area contributed by atoms with E-state index < -0.39 is 0 Å². The molecule has 1 N–H and O–H groups in total. The lowest BCUT2D eigenvalue weighted by atomic mass is 9.95. The molecule has 3 rings (SSSR count). The molecular formula is C21H29N5O3. The second-order valence-corrected chi connectivity index (χ2v) is 7.92. The third kappa shape index (κ3) is 5.85. The highest BCUT2D eigenvalue weighted by Gasteiger charge is 2.27. The van der Waals surface area contributed by atoms with Gasteiger partial charge in [0.15, 0.2) is 5.82 Å². The van der Waals surface area contributed by atoms with Crippen molar-refractivity contribution in [2.75, 3.05) is 18.4 Å². The van der Waals surface area contributed by atoms with Crippen LogP contribution in [0.1, 0.15) is 62.7 Å². The molecule has 1 saturated heterocycles. The van der Waals surface area contributed by atoms with Crippen molar-refractivity contribution in [1.29, 1.82) is 0 Å². The van der Waals surface area contributed by atoms with Gasteiger partial charge >= 0.3 is 0 Å². The Bertz CT molecular complexity index is 823. The number of anilines is 1. The van der Waals surface area contributed by atoms with Crippen molar-refractivity contribution in [3.63, 3.8) is 0 Å². The number of piperidine rings is 1. The maximum absolute atomic E-state index is 12.4. The Morgan fingerprint density at radius 2 is 2.03 bits per heavy atom. The summed E-state index contributed by atoms with van der Waals surface area (Å²) in [6, 6.07) is 3.72. The summed E-state index contributed by atoms with van der Waals surface area (Å²) in [6.07, 6.45) is 4.81. The fourth-order valence-electron chi connectivity index (χ4n) is 3.31. The largest absolute Gasteiger partial charge is 0.343 e. The SMILES string of the molecule is Cc1ccc(NC(=O)C2CCN(C(=O)CCCc3nc(C(C)C)no3)CC2)nc1. The molecule has 0 atom stereocenters. The third-order valence-electron chi connectivity index (χ3n) is 5.16. The molecule has 2 amide bonds. The molecule has 1 aliphatic heterocycles. The van der Waals surface area contributed by atoms with Crippen molar-refractivity contribution in [3.8, 4) is 0 Å². The number of hydrogen-bond acceptors (Lipinski definition) is 6. The summed E-state index contributed by atoms with van der Waals surface area (Å²) in [7, 11) is 0. The van der Waals surface area contributed by atoms with Gasteiger partial charge in [-0.05, 0) is 37.8 Å². The highest BCUT2D eigenvalue weighted by atomic mass is 16.5. The van der Waals surface area contributed by atoms with Crippen molar-refractivity contribution in [2.45, 2.75) is 58.8 Å². The Balaban J connectivity index is 1.38. The van der Waals surface area contributed by atoms with Crippen molar-refractivity contribution in [2.24, 2.45) is 5.92 Å². The van der Waals surface area contributed by atoms with Gasteiger partial charge in [-0.3, -0.25) is 9.59 Å². The zero-order chi connectivity index (χ0) is 20.8. The average molecular weight is 399 g/mol. The van der Waals surface area contributed by atoms with Gasteiger partial charge in [0, 0.05) is 44.0 Å². The smallest absolute Gasteiger partial charge is 0.228 e. The highest BCUT2D eigenvalue weighted by Crippen LogP contribution is 2.20. The first-order valence-electron chi connectivity index (χ1n) is 10.3. The molecule has 0 radical (unpaired) electrons. The molecule has 8 heteroatoms.